The van der Waals surface area contributed by atoms with Crippen LogP contribution in [0.2, 0.25) is 0 Å². The van der Waals surface area contributed by atoms with Gasteiger partial charge in [0.15, 0.2) is 0 Å². The van der Waals surface area contributed by atoms with Crippen molar-refractivity contribution in [2.45, 2.75) is 12.3 Å². The van der Waals surface area contributed by atoms with Crippen molar-refractivity contribution in [3.8, 4) is 33.4 Å². The quantitative estimate of drug-likeness (QED) is 0.181. The smallest absolute Gasteiger partial charge is 0.143 e. The summed E-state index contributed by atoms with van der Waals surface area (Å²) in [4.78, 5) is 2.08. The number of hydrogen-bond donors (Lipinski definition) is 0. The van der Waals surface area contributed by atoms with E-state index in [0.717, 1.165) is 55.6 Å². The van der Waals surface area contributed by atoms with Crippen LogP contribution in [0.4, 0.5) is 17.1 Å². The minimum absolute atomic E-state index is 0.189. The van der Waals surface area contributed by atoms with Gasteiger partial charge in [-0.1, -0.05) is 138 Å². The Balaban J connectivity index is 1.24. The molecule has 8 aromatic carbocycles. The van der Waals surface area contributed by atoms with Crippen LogP contribution >= 0.6 is 0 Å². The molecule has 0 unspecified atom stereocenters. The van der Waals surface area contributed by atoms with Crippen molar-refractivity contribution in [2.75, 3.05) is 4.90 Å². The van der Waals surface area contributed by atoms with Crippen molar-refractivity contribution >= 4 is 191 Å². The number of hydrogen-bond acceptors (Lipinski definition) is 2. The highest BCUT2D eigenvalue weighted by Crippen LogP contribution is 2.63. The second-order valence-electron chi connectivity index (χ2n) is 17.6. The molecule has 13 heteroatoms. The fraction of sp³-hybridized carbons (Fsp3) is 0.0357. The second-order valence-corrected chi connectivity index (χ2v) is 17.6. The molecule has 22 radical (unpaired) electrons. The molecule has 1 aromatic heterocycles. The molecular weight excluding hydrogens is 822 g/mol. The van der Waals surface area contributed by atoms with Crippen molar-refractivity contribution in [2.24, 2.45) is 0 Å². The first-order chi connectivity index (χ1) is 33.2. The van der Waals surface area contributed by atoms with E-state index < -0.39 is 5.41 Å². The van der Waals surface area contributed by atoms with Crippen LogP contribution in [0, 0.1) is 0 Å². The summed E-state index contributed by atoms with van der Waals surface area (Å²) in [6, 6.07) is 37.9. The molecule has 0 fully saturated rings. The molecule has 2 aliphatic rings. The summed E-state index contributed by atoms with van der Waals surface area (Å²) in [5, 5.41) is 2.07. The SMILES string of the molecule is [B]c1cc2c(c([B])c1[B])-c1c(cc([B])c([B])c1[B])C21c2cc([B])c([B])c([B])c2-c2c1cc([B])c([B])c2N(c1ccc(C(/C=C\C)=C/C=C)cc1)c1ccc(-c2cccc3c2oc2ccccc23)cc1. The number of nitrogens with zero attached hydrogens (tertiary/aromatic N) is 1. The van der Waals surface area contributed by atoms with E-state index in [9.17, 15) is 0 Å². The molecule has 2 aliphatic carbocycles. The van der Waals surface area contributed by atoms with E-state index in [1.165, 1.54) is 0 Å². The van der Waals surface area contributed by atoms with Crippen LogP contribution < -0.4 is 65.0 Å². The van der Waals surface area contributed by atoms with Gasteiger partial charge in [0, 0.05) is 39.0 Å². The summed E-state index contributed by atoms with van der Waals surface area (Å²) in [5.41, 5.74) is 13.5. The van der Waals surface area contributed by atoms with E-state index >= 15 is 0 Å². The fourth-order valence-electron chi connectivity index (χ4n) is 10.8. The Kier molecular flexibility index (Phi) is 10.7. The Morgan fingerprint density at radius 2 is 1.00 bits per heavy atom. The van der Waals surface area contributed by atoms with Gasteiger partial charge in [0.1, 0.15) is 97.5 Å². The van der Waals surface area contributed by atoms with Crippen LogP contribution in [0.3, 0.4) is 0 Å². The number of benzene rings is 8. The van der Waals surface area contributed by atoms with Gasteiger partial charge in [-0.05, 0) is 92.9 Å². The summed E-state index contributed by atoms with van der Waals surface area (Å²) in [6.07, 6.45) is 7.75. The maximum absolute atomic E-state index is 7.38. The molecule has 69 heavy (non-hydrogen) atoms. The van der Waals surface area contributed by atoms with E-state index in [1.54, 1.807) is 18.2 Å². The zero-order valence-electron chi connectivity index (χ0n) is 37.7. The van der Waals surface area contributed by atoms with Gasteiger partial charge in [-0.25, -0.2) is 0 Å². The lowest BCUT2D eigenvalue weighted by atomic mass is 9.62. The van der Waals surface area contributed by atoms with Gasteiger partial charge in [-0.2, -0.15) is 0 Å². The summed E-state index contributed by atoms with van der Waals surface area (Å²) in [7, 11) is 76.0. The lowest BCUT2D eigenvalue weighted by molar-refractivity contribution is 0.670. The second kappa shape index (κ2) is 16.5. The minimum atomic E-state index is -1.31. The number of allylic oxidation sites excluding steroid dienone is 5. The summed E-state index contributed by atoms with van der Waals surface area (Å²) in [6.45, 7) is 5.92. The standard InChI is InChI=1S/C56H28B11NO/c1-3-8-26(9-4-2)27-14-18-29(19-15-27)68(30-20-16-28(17-21-30)31-11-7-12-33-32-10-5-6-13-42(32)69-55(31)33)54-46-37(25-41(60)50(54)64)56(36-24-40(59)49(63)53(67)45(36)46)34-22-38(57)47(61)51(65)43(34)44-35(56)23-39(58)48(62)52(44)66/h3-25H,1H2,2H3/b9-4-,26-8+. The maximum atomic E-state index is 7.38. The Morgan fingerprint density at radius 1 is 0.522 bits per heavy atom. The average molecular weight is 850 g/mol. The summed E-state index contributed by atoms with van der Waals surface area (Å²) in [5.74, 6) is 0. The molecule has 0 bridgehead atoms. The molecule has 0 aliphatic heterocycles. The molecule has 1 heterocycles. The van der Waals surface area contributed by atoms with Gasteiger partial charge in [0.25, 0.3) is 0 Å². The predicted octanol–water partition coefficient (Wildman–Crippen LogP) is 1.94. The summed E-state index contributed by atoms with van der Waals surface area (Å²) >= 11 is 0. The number of furan rings is 1. The highest BCUT2D eigenvalue weighted by molar-refractivity contribution is 6.63. The van der Waals surface area contributed by atoms with Crippen LogP contribution in [-0.2, 0) is 5.41 Å². The van der Waals surface area contributed by atoms with Gasteiger partial charge in [0.05, 0.1) is 5.41 Å². The molecule has 296 valence electrons. The third-order valence-corrected chi connectivity index (χ3v) is 14.0. The van der Waals surface area contributed by atoms with Gasteiger partial charge in [0.2, 0.25) is 0 Å². The Morgan fingerprint density at radius 3 is 1.54 bits per heavy atom. The first kappa shape index (κ1) is 44.8. The topological polar surface area (TPSA) is 16.4 Å². The first-order valence-electron chi connectivity index (χ1n) is 22.3. The molecule has 0 atom stereocenters. The third-order valence-electron chi connectivity index (χ3n) is 14.0. The van der Waals surface area contributed by atoms with Gasteiger partial charge in [-0.3, -0.25) is 0 Å². The highest BCUT2D eigenvalue weighted by atomic mass is 16.3. The van der Waals surface area contributed by atoms with Crippen molar-refractivity contribution in [1.29, 1.82) is 0 Å². The van der Waals surface area contributed by atoms with Gasteiger partial charge >= 0.3 is 0 Å². The zero-order valence-corrected chi connectivity index (χ0v) is 37.7. The lowest BCUT2D eigenvalue weighted by Crippen LogP contribution is -2.43. The van der Waals surface area contributed by atoms with Gasteiger partial charge in [-0.15, -0.1) is 38.2 Å². The largest absolute Gasteiger partial charge is 0.455 e. The molecule has 0 saturated heterocycles. The third kappa shape index (κ3) is 6.34. The number of para-hydroxylation sites is 2. The summed E-state index contributed by atoms with van der Waals surface area (Å²) < 4.78 is 6.47. The van der Waals surface area contributed by atoms with E-state index in [-0.39, 0.29) is 60.1 Å². The molecular formula is C56H28B11NO. The van der Waals surface area contributed by atoms with Crippen molar-refractivity contribution in [3.05, 3.63) is 174 Å². The maximum Gasteiger partial charge on any atom is 0.143 e. The van der Waals surface area contributed by atoms with E-state index in [0.29, 0.717) is 50.2 Å². The van der Waals surface area contributed by atoms with Crippen LogP contribution in [0.5, 0.6) is 0 Å². The van der Waals surface area contributed by atoms with E-state index in [2.05, 4.69) is 53.9 Å². The number of fused-ring (bicyclic) bond motifs is 13. The molecule has 11 rings (SSSR count). The van der Waals surface area contributed by atoms with E-state index in [1.807, 2.05) is 85.8 Å². The molecule has 9 aromatic rings. The van der Waals surface area contributed by atoms with E-state index in [4.69, 9.17) is 90.7 Å². The lowest BCUT2D eigenvalue weighted by Gasteiger charge is -2.35. The van der Waals surface area contributed by atoms with Crippen molar-refractivity contribution in [1.82, 2.24) is 0 Å². The highest BCUT2D eigenvalue weighted by Gasteiger charge is 2.54. The molecule has 0 N–H and O–H groups in total. The monoisotopic (exact) mass is 851 g/mol. The fourth-order valence-corrected chi connectivity index (χ4v) is 10.8. The van der Waals surface area contributed by atoms with Crippen LogP contribution in [0.25, 0.3) is 60.9 Å². The van der Waals surface area contributed by atoms with Crippen LogP contribution in [-0.4, -0.2) is 86.3 Å². The van der Waals surface area contributed by atoms with Crippen LogP contribution in [0.1, 0.15) is 34.7 Å². The Hall–Kier alpha value is -6.71. The first-order valence-corrected chi connectivity index (χ1v) is 22.3. The average Bonchev–Trinajstić information content (AvgIpc) is 3.97. The molecule has 0 saturated carbocycles. The Bertz CT molecular complexity index is 3710. The number of rotatable bonds is 7. The predicted molar refractivity (Wildman–Crippen MR) is 302 cm³/mol. The molecule has 0 amide bonds. The Labute approximate surface area is 417 Å². The molecule has 1 spiro atoms. The minimum Gasteiger partial charge on any atom is -0.455 e. The zero-order chi connectivity index (χ0) is 48.4. The number of anilines is 3. The van der Waals surface area contributed by atoms with Crippen molar-refractivity contribution < 1.29 is 4.42 Å². The molecule has 2 nitrogen and oxygen atoms in total. The van der Waals surface area contributed by atoms with Gasteiger partial charge < -0.3 is 9.32 Å². The van der Waals surface area contributed by atoms with Crippen LogP contribution in [0.15, 0.2) is 151 Å². The van der Waals surface area contributed by atoms with Crippen molar-refractivity contribution in [3.63, 3.8) is 0 Å². The normalized spacial score (nSPS) is 13.3.